The van der Waals surface area contributed by atoms with Crippen LogP contribution in [0.4, 0.5) is 0 Å². The van der Waals surface area contributed by atoms with E-state index < -0.39 is 25.0 Å². The third kappa shape index (κ3) is 1.55. The predicted molar refractivity (Wildman–Crippen MR) is 27.5 cm³/mol. The molecule has 0 aliphatic carbocycles. The predicted octanol–water partition coefficient (Wildman–Crippen LogP) is -0.0657. The molecule has 1 radical (unpaired) electrons. The third-order valence-electron chi connectivity index (χ3n) is 0.979. The third-order valence-corrected chi connectivity index (χ3v) is 6.50. The second kappa shape index (κ2) is 2.96. The van der Waals surface area contributed by atoms with Crippen molar-refractivity contribution in [3.05, 3.63) is 5.88 Å². The SMILES string of the molecule is [O]=[Ti](=[O])[SH]1[CH]NCC1. The van der Waals surface area contributed by atoms with Crippen molar-refractivity contribution in [2.75, 3.05) is 12.3 Å². The van der Waals surface area contributed by atoms with Gasteiger partial charge in [-0.3, -0.25) is 0 Å². The number of nitrogens with one attached hydrogen (secondary N) is 1. The molecule has 0 spiro atoms. The molecular formula is C3H7NO2STi. The van der Waals surface area contributed by atoms with E-state index in [0.29, 0.717) is 0 Å². The van der Waals surface area contributed by atoms with Crippen LogP contribution in [0.3, 0.4) is 0 Å². The van der Waals surface area contributed by atoms with Gasteiger partial charge in [0.25, 0.3) is 0 Å². The maximum atomic E-state index is 10.3. The van der Waals surface area contributed by atoms with Gasteiger partial charge in [-0.15, -0.1) is 0 Å². The van der Waals surface area contributed by atoms with Gasteiger partial charge in [-0.1, -0.05) is 0 Å². The van der Waals surface area contributed by atoms with Crippen LogP contribution in [0, 0.1) is 5.88 Å². The van der Waals surface area contributed by atoms with E-state index in [1.807, 2.05) is 0 Å². The molecule has 1 rings (SSSR count). The van der Waals surface area contributed by atoms with E-state index in [1.54, 1.807) is 5.88 Å². The van der Waals surface area contributed by atoms with Crippen LogP contribution in [0.25, 0.3) is 0 Å². The minimum atomic E-state index is -3.01. The van der Waals surface area contributed by atoms with Crippen LogP contribution in [0.5, 0.6) is 0 Å². The Morgan fingerprint density at radius 1 is 1.62 bits per heavy atom. The quantitative estimate of drug-likeness (QED) is 0.426. The van der Waals surface area contributed by atoms with Gasteiger partial charge < -0.3 is 0 Å². The molecule has 0 aromatic heterocycles. The molecular weight excluding hydrogens is 162 g/mol. The molecule has 1 heterocycles. The van der Waals surface area contributed by atoms with Crippen LogP contribution >= 0.6 is 8.48 Å². The van der Waals surface area contributed by atoms with Crippen molar-refractivity contribution < 1.29 is 23.2 Å². The Morgan fingerprint density at radius 2 is 2.38 bits per heavy atom. The van der Waals surface area contributed by atoms with E-state index in [1.165, 1.54) is 0 Å². The molecule has 1 unspecified atom stereocenters. The normalized spacial score (nSPS) is 32.8. The molecule has 0 aromatic carbocycles. The first kappa shape index (κ1) is 6.74. The summed E-state index contributed by atoms with van der Waals surface area (Å²) in [4.78, 5) is 0. The molecule has 3 nitrogen and oxygen atoms in total. The molecule has 46 valence electrons. The summed E-state index contributed by atoms with van der Waals surface area (Å²) < 4.78 is 20.6. The van der Waals surface area contributed by atoms with E-state index in [0.717, 1.165) is 12.3 Å². The standard InChI is InChI=1S/C3H7NS.2O.Ti/c1-2-5-3-4-1;;;/h3-5H,1-2H2;;;/q+1;;;-1. The van der Waals surface area contributed by atoms with Crippen molar-refractivity contribution >= 4 is 8.48 Å². The number of hydrogen-bond acceptors (Lipinski definition) is 3. The van der Waals surface area contributed by atoms with Gasteiger partial charge in [0.1, 0.15) is 0 Å². The fraction of sp³-hybridized carbons (Fsp3) is 0.667. The van der Waals surface area contributed by atoms with E-state index >= 15 is 0 Å². The van der Waals surface area contributed by atoms with Gasteiger partial charge in [-0.2, -0.15) is 0 Å². The minimum absolute atomic E-state index is 0.685. The first-order valence-electron chi connectivity index (χ1n) is 2.35. The average molecular weight is 169 g/mol. The van der Waals surface area contributed by atoms with Gasteiger partial charge in [0.05, 0.1) is 0 Å². The first-order chi connectivity index (χ1) is 3.80. The molecule has 0 saturated carbocycles. The summed E-state index contributed by atoms with van der Waals surface area (Å²) >= 11 is -3.01. The zero-order valence-electron chi connectivity index (χ0n) is 4.26. The van der Waals surface area contributed by atoms with Crippen molar-refractivity contribution in [1.82, 2.24) is 5.32 Å². The molecule has 0 aromatic rings. The molecule has 1 aliphatic rings. The van der Waals surface area contributed by atoms with Crippen LogP contribution < -0.4 is 5.32 Å². The molecule has 8 heavy (non-hydrogen) atoms. The molecule has 1 fully saturated rings. The van der Waals surface area contributed by atoms with Crippen LogP contribution in [-0.4, -0.2) is 12.3 Å². The molecule has 1 aliphatic heterocycles. The molecule has 1 N–H and O–H groups in total. The summed E-state index contributed by atoms with van der Waals surface area (Å²) in [6.45, 7) is 0.854. The van der Waals surface area contributed by atoms with Crippen LogP contribution in [0.2, 0.25) is 0 Å². The van der Waals surface area contributed by atoms with Crippen molar-refractivity contribution in [2.45, 2.75) is 0 Å². The topological polar surface area (TPSA) is 46.2 Å². The number of rotatable bonds is 1. The molecule has 1 saturated heterocycles. The molecule has 1 atom stereocenters. The Kier molecular flexibility index (Phi) is 2.50. The van der Waals surface area contributed by atoms with Crippen LogP contribution in [0.15, 0.2) is 0 Å². The summed E-state index contributed by atoms with van der Waals surface area (Å²) in [5.41, 5.74) is 0. The Labute approximate surface area is 55.3 Å². The van der Waals surface area contributed by atoms with E-state index in [9.17, 15) is 6.65 Å². The van der Waals surface area contributed by atoms with Gasteiger partial charge >= 0.3 is 55.1 Å². The molecule has 5 heteroatoms. The molecule has 0 bridgehead atoms. The van der Waals surface area contributed by atoms with Crippen molar-refractivity contribution in [1.29, 1.82) is 0 Å². The maximum absolute atomic E-state index is 10.3. The van der Waals surface area contributed by atoms with Crippen molar-refractivity contribution in [3.63, 3.8) is 0 Å². The van der Waals surface area contributed by atoms with Gasteiger partial charge in [-0.05, 0) is 0 Å². The first-order valence-corrected chi connectivity index (χ1v) is 7.31. The second-order valence-corrected chi connectivity index (χ2v) is 8.21. The van der Waals surface area contributed by atoms with Crippen LogP contribution in [-0.2, 0) is 23.2 Å². The summed E-state index contributed by atoms with van der Waals surface area (Å²) in [5, 5.41) is 2.90. The van der Waals surface area contributed by atoms with Crippen molar-refractivity contribution in [3.8, 4) is 0 Å². The van der Waals surface area contributed by atoms with Gasteiger partial charge in [0.2, 0.25) is 0 Å². The summed E-state index contributed by atoms with van der Waals surface area (Å²) in [7, 11) is -0.685. The second-order valence-electron chi connectivity index (χ2n) is 1.54. The molecule has 0 amide bonds. The van der Waals surface area contributed by atoms with Gasteiger partial charge in [0, 0.05) is 0 Å². The zero-order valence-corrected chi connectivity index (χ0v) is 6.71. The number of hydrogen-bond donors (Lipinski definition) is 2. The Morgan fingerprint density at radius 3 is 2.62 bits per heavy atom. The van der Waals surface area contributed by atoms with Crippen molar-refractivity contribution in [2.24, 2.45) is 0 Å². The number of thiol groups is 1. The van der Waals surface area contributed by atoms with Crippen LogP contribution in [0.1, 0.15) is 0 Å². The van der Waals surface area contributed by atoms with E-state index in [2.05, 4.69) is 5.32 Å². The van der Waals surface area contributed by atoms with E-state index in [-0.39, 0.29) is 0 Å². The summed E-state index contributed by atoms with van der Waals surface area (Å²) in [5.74, 6) is 2.59. The summed E-state index contributed by atoms with van der Waals surface area (Å²) in [6, 6.07) is 0. The fourth-order valence-corrected chi connectivity index (χ4v) is 4.01. The monoisotopic (exact) mass is 169 g/mol. The Bertz CT molecular complexity index is 132. The van der Waals surface area contributed by atoms with Gasteiger partial charge in [-0.25, -0.2) is 0 Å². The summed E-state index contributed by atoms with van der Waals surface area (Å²) in [6.07, 6.45) is 0. The Hall–Kier alpha value is 0.624. The van der Waals surface area contributed by atoms with E-state index in [4.69, 9.17) is 0 Å². The average Bonchev–Trinajstić information content (AvgIpc) is 2.12. The fourth-order valence-electron chi connectivity index (χ4n) is 0.568. The zero-order chi connectivity index (χ0) is 5.98. The Balaban J connectivity index is 2.47. The van der Waals surface area contributed by atoms with Gasteiger partial charge in [0.15, 0.2) is 0 Å².